The van der Waals surface area contributed by atoms with Gasteiger partial charge < -0.3 is 0 Å². The number of sulfonamides is 1. The van der Waals surface area contributed by atoms with E-state index in [1.165, 1.54) is 13.1 Å². The largest absolute Gasteiger partial charge is 0.268 e. The molecule has 0 fully saturated rings. The zero-order valence-electron chi connectivity index (χ0n) is 7.90. The van der Waals surface area contributed by atoms with Crippen LogP contribution in [0.1, 0.15) is 15.9 Å². The van der Waals surface area contributed by atoms with Gasteiger partial charge in [-0.15, -0.1) is 0 Å². The molecule has 2 rings (SSSR count). The van der Waals surface area contributed by atoms with Crippen molar-refractivity contribution in [2.75, 3.05) is 7.05 Å². The Morgan fingerprint density at radius 2 is 2.07 bits per heavy atom. The number of carbonyl (C=O) groups excluding carboxylic acids is 1. The van der Waals surface area contributed by atoms with Crippen molar-refractivity contribution in [3.05, 3.63) is 29.3 Å². The maximum atomic E-state index is 11.8. The fourth-order valence-electron chi connectivity index (χ4n) is 1.47. The monoisotopic (exact) mass is 289 g/mol. The van der Waals surface area contributed by atoms with E-state index >= 15 is 0 Å². The molecule has 0 radical (unpaired) electrons. The Morgan fingerprint density at radius 1 is 1.40 bits per heavy atom. The Balaban J connectivity index is 2.74. The second-order valence-electron chi connectivity index (χ2n) is 3.24. The van der Waals surface area contributed by atoms with Gasteiger partial charge in [-0.3, -0.25) is 4.79 Å². The summed E-state index contributed by atoms with van der Waals surface area (Å²) in [7, 11) is -2.33. The maximum Gasteiger partial charge on any atom is 0.268 e. The molecular weight excluding hydrogens is 282 g/mol. The highest BCUT2D eigenvalue weighted by molar-refractivity contribution is 9.08. The number of nitrogens with zero attached hydrogens (tertiary/aromatic N) is 1. The van der Waals surface area contributed by atoms with Crippen LogP contribution in [0.25, 0.3) is 0 Å². The number of hydrogen-bond acceptors (Lipinski definition) is 3. The number of hydrogen-bond donors (Lipinski definition) is 0. The van der Waals surface area contributed by atoms with Crippen molar-refractivity contribution in [2.24, 2.45) is 0 Å². The van der Waals surface area contributed by atoms with Crippen LogP contribution in [0, 0.1) is 0 Å². The molecule has 0 saturated carbocycles. The fraction of sp³-hybridized carbons (Fsp3) is 0.222. The van der Waals surface area contributed by atoms with Crippen LogP contribution in [-0.4, -0.2) is 25.7 Å². The van der Waals surface area contributed by atoms with Gasteiger partial charge in [0.1, 0.15) is 4.90 Å². The summed E-state index contributed by atoms with van der Waals surface area (Å²) in [5.74, 6) is -0.467. The lowest BCUT2D eigenvalue weighted by Gasteiger charge is -2.05. The predicted octanol–water partition coefficient (Wildman–Crippen LogP) is 1.36. The zero-order valence-corrected chi connectivity index (χ0v) is 10.3. The minimum Gasteiger partial charge on any atom is -0.268 e. The number of carbonyl (C=O) groups is 1. The molecule has 0 aromatic heterocycles. The molecule has 1 heterocycles. The molecule has 0 aliphatic carbocycles. The minimum absolute atomic E-state index is 0.104. The Labute approximate surface area is 96.1 Å². The molecule has 0 unspecified atom stereocenters. The summed E-state index contributed by atoms with van der Waals surface area (Å²) in [5, 5.41) is 0.563. The quantitative estimate of drug-likeness (QED) is 0.734. The zero-order chi connectivity index (χ0) is 11.2. The van der Waals surface area contributed by atoms with Gasteiger partial charge in [-0.05, 0) is 17.7 Å². The molecule has 1 aliphatic heterocycles. The van der Waals surface area contributed by atoms with Gasteiger partial charge in [0.2, 0.25) is 0 Å². The van der Waals surface area contributed by atoms with E-state index in [1.54, 1.807) is 12.1 Å². The molecular formula is C9H8BrNO3S. The molecule has 15 heavy (non-hydrogen) atoms. The van der Waals surface area contributed by atoms with Gasteiger partial charge in [0, 0.05) is 12.4 Å². The van der Waals surface area contributed by atoms with Crippen molar-refractivity contribution < 1.29 is 13.2 Å². The molecule has 0 spiro atoms. The summed E-state index contributed by atoms with van der Waals surface area (Å²) in [4.78, 5) is 11.7. The summed E-state index contributed by atoms with van der Waals surface area (Å²) >= 11 is 3.24. The Bertz CT molecular complexity index is 538. The normalized spacial score (nSPS) is 18.0. The van der Waals surface area contributed by atoms with Crippen molar-refractivity contribution >= 4 is 31.9 Å². The standard InChI is InChI=1S/C9H8BrNO3S/c1-11-9(12)7-3-2-6(5-10)4-8(7)15(11,13)14/h2-4H,5H2,1H3. The second kappa shape index (κ2) is 3.31. The van der Waals surface area contributed by atoms with Crippen molar-refractivity contribution in [3.8, 4) is 0 Å². The smallest absolute Gasteiger partial charge is 0.268 e. The first kappa shape index (κ1) is 10.6. The Hall–Kier alpha value is -0.880. The first-order valence-corrected chi connectivity index (χ1v) is 6.77. The molecule has 1 aromatic carbocycles. The van der Waals surface area contributed by atoms with Crippen molar-refractivity contribution in [1.82, 2.24) is 4.31 Å². The molecule has 0 bridgehead atoms. The van der Waals surface area contributed by atoms with E-state index in [-0.39, 0.29) is 10.5 Å². The Morgan fingerprint density at radius 3 is 2.67 bits per heavy atom. The van der Waals surface area contributed by atoms with Crippen LogP contribution in [0.15, 0.2) is 23.1 Å². The number of halogens is 1. The van der Waals surface area contributed by atoms with E-state index in [0.717, 1.165) is 9.87 Å². The number of rotatable bonds is 1. The van der Waals surface area contributed by atoms with Gasteiger partial charge in [0.15, 0.2) is 0 Å². The lowest BCUT2D eigenvalue weighted by Crippen LogP contribution is -2.24. The van der Waals surface area contributed by atoms with Gasteiger partial charge in [-0.2, -0.15) is 0 Å². The van der Waals surface area contributed by atoms with Crippen LogP contribution < -0.4 is 0 Å². The third kappa shape index (κ3) is 1.39. The number of benzene rings is 1. The number of alkyl halides is 1. The third-order valence-electron chi connectivity index (χ3n) is 2.36. The van der Waals surface area contributed by atoms with Crippen molar-refractivity contribution in [2.45, 2.75) is 10.2 Å². The van der Waals surface area contributed by atoms with Crippen molar-refractivity contribution in [3.63, 3.8) is 0 Å². The lowest BCUT2D eigenvalue weighted by atomic mass is 10.1. The SMILES string of the molecule is CN1C(=O)c2ccc(CBr)cc2S1(=O)=O. The van der Waals surface area contributed by atoms with Crippen LogP contribution in [0.2, 0.25) is 0 Å². The molecule has 80 valence electrons. The van der Waals surface area contributed by atoms with E-state index in [0.29, 0.717) is 5.33 Å². The summed E-state index contributed by atoms with van der Waals surface area (Å²) in [6.07, 6.45) is 0. The van der Waals surface area contributed by atoms with Crippen LogP contribution in [-0.2, 0) is 15.4 Å². The van der Waals surface area contributed by atoms with Crippen LogP contribution >= 0.6 is 15.9 Å². The van der Waals surface area contributed by atoms with Gasteiger partial charge in [0.25, 0.3) is 15.9 Å². The molecule has 1 amide bonds. The number of amides is 1. The summed E-state index contributed by atoms with van der Waals surface area (Å²) in [6.45, 7) is 0. The first-order valence-electron chi connectivity index (χ1n) is 4.20. The average molecular weight is 290 g/mol. The molecule has 1 aliphatic rings. The van der Waals surface area contributed by atoms with Gasteiger partial charge in [0.05, 0.1) is 5.56 Å². The fourth-order valence-corrected chi connectivity index (χ4v) is 3.16. The molecule has 0 atom stereocenters. The average Bonchev–Trinajstić information content (AvgIpc) is 2.40. The first-order chi connectivity index (χ1) is 6.98. The van der Waals surface area contributed by atoms with Gasteiger partial charge >= 0.3 is 0 Å². The van der Waals surface area contributed by atoms with Crippen LogP contribution in [0.3, 0.4) is 0 Å². The summed E-state index contributed by atoms with van der Waals surface area (Å²) in [5.41, 5.74) is 1.09. The third-order valence-corrected chi connectivity index (χ3v) is 4.78. The Kier molecular flexibility index (Phi) is 2.35. The van der Waals surface area contributed by atoms with E-state index < -0.39 is 15.9 Å². The molecule has 0 N–H and O–H groups in total. The van der Waals surface area contributed by atoms with Crippen molar-refractivity contribution in [1.29, 1.82) is 0 Å². The minimum atomic E-state index is -3.60. The van der Waals surface area contributed by atoms with Gasteiger partial charge in [-0.25, -0.2) is 12.7 Å². The lowest BCUT2D eigenvalue weighted by molar-refractivity contribution is 0.0891. The molecule has 0 saturated heterocycles. The highest BCUT2D eigenvalue weighted by Crippen LogP contribution is 2.29. The molecule has 1 aromatic rings. The van der Waals surface area contributed by atoms with Crippen LogP contribution in [0.4, 0.5) is 0 Å². The summed E-state index contributed by atoms with van der Waals surface area (Å²) in [6, 6.07) is 4.82. The second-order valence-corrected chi connectivity index (χ2v) is 5.74. The number of fused-ring (bicyclic) bond motifs is 1. The van der Waals surface area contributed by atoms with E-state index in [4.69, 9.17) is 0 Å². The van der Waals surface area contributed by atoms with E-state index in [1.807, 2.05) is 0 Å². The highest BCUT2D eigenvalue weighted by atomic mass is 79.9. The molecule has 6 heteroatoms. The van der Waals surface area contributed by atoms with E-state index in [2.05, 4.69) is 15.9 Å². The predicted molar refractivity (Wildman–Crippen MR) is 58.4 cm³/mol. The van der Waals surface area contributed by atoms with E-state index in [9.17, 15) is 13.2 Å². The topological polar surface area (TPSA) is 54.5 Å². The summed E-state index contributed by atoms with van der Waals surface area (Å²) < 4.78 is 24.3. The van der Waals surface area contributed by atoms with Crippen LogP contribution in [0.5, 0.6) is 0 Å². The highest BCUT2D eigenvalue weighted by Gasteiger charge is 2.38. The maximum absolute atomic E-state index is 11.8. The van der Waals surface area contributed by atoms with Gasteiger partial charge in [-0.1, -0.05) is 22.0 Å². The molecule has 4 nitrogen and oxygen atoms in total.